The Balaban J connectivity index is 1.60. The number of rotatable bonds is 5. The van der Waals surface area contributed by atoms with Gasteiger partial charge in [-0.05, 0) is 18.6 Å². The number of nitrogens with one attached hydrogen (secondary N) is 1. The lowest BCUT2D eigenvalue weighted by atomic mass is 10.1. The molecule has 1 aliphatic rings. The fourth-order valence-corrected chi connectivity index (χ4v) is 2.78. The molecule has 0 radical (unpaired) electrons. The smallest absolute Gasteiger partial charge is 0.261 e. The highest BCUT2D eigenvalue weighted by Crippen LogP contribution is 2.16. The Bertz CT molecular complexity index is 797. The Labute approximate surface area is 133 Å². The normalized spacial score (nSPS) is 20.0. The van der Waals surface area contributed by atoms with E-state index >= 15 is 0 Å². The van der Waals surface area contributed by atoms with E-state index in [1.165, 1.54) is 10.9 Å². The maximum Gasteiger partial charge on any atom is 0.261 e. The van der Waals surface area contributed by atoms with Gasteiger partial charge in [-0.25, -0.2) is 4.98 Å². The summed E-state index contributed by atoms with van der Waals surface area (Å²) in [6, 6.07) is 7.12. The molecule has 0 bridgehead atoms. The van der Waals surface area contributed by atoms with Gasteiger partial charge in [-0.3, -0.25) is 14.2 Å². The summed E-state index contributed by atoms with van der Waals surface area (Å²) in [5.41, 5.74) is 0.522. The zero-order valence-corrected chi connectivity index (χ0v) is 12.7. The predicted molar refractivity (Wildman–Crippen MR) is 86.9 cm³/mol. The molecule has 6 nitrogen and oxygen atoms in total. The Morgan fingerprint density at radius 1 is 1.35 bits per heavy atom. The number of aliphatic hydroxyl groups is 1. The van der Waals surface area contributed by atoms with Gasteiger partial charge in [-0.15, -0.1) is 0 Å². The van der Waals surface area contributed by atoms with Gasteiger partial charge in [0, 0.05) is 31.5 Å². The first-order valence-electron chi connectivity index (χ1n) is 7.70. The van der Waals surface area contributed by atoms with E-state index in [-0.39, 0.29) is 36.5 Å². The lowest BCUT2D eigenvalue weighted by Crippen LogP contribution is -2.34. The highest BCUT2D eigenvalue weighted by Gasteiger charge is 2.19. The Hall–Kier alpha value is -2.47. The number of carbonyl (C=O) groups excluding carboxylic acids is 1. The fourth-order valence-electron chi connectivity index (χ4n) is 2.78. The molecule has 1 aliphatic carbocycles. The summed E-state index contributed by atoms with van der Waals surface area (Å²) in [6.45, 7) is 0.392. The van der Waals surface area contributed by atoms with Crippen molar-refractivity contribution in [2.45, 2.75) is 25.4 Å². The van der Waals surface area contributed by atoms with Gasteiger partial charge in [0.25, 0.3) is 5.56 Å². The van der Waals surface area contributed by atoms with E-state index in [0.29, 0.717) is 17.4 Å². The zero-order chi connectivity index (χ0) is 16.2. The summed E-state index contributed by atoms with van der Waals surface area (Å²) >= 11 is 0. The van der Waals surface area contributed by atoms with E-state index in [1.54, 1.807) is 18.2 Å². The molecule has 0 unspecified atom stereocenters. The molecule has 1 heterocycles. The number of aromatic nitrogens is 2. The van der Waals surface area contributed by atoms with Crippen molar-refractivity contribution in [2.75, 3.05) is 6.61 Å². The number of aryl methyl sites for hydroxylation is 1. The average molecular weight is 313 g/mol. The van der Waals surface area contributed by atoms with E-state index in [2.05, 4.69) is 10.3 Å². The maximum atomic E-state index is 12.3. The number of hydrogen-bond acceptors (Lipinski definition) is 4. The van der Waals surface area contributed by atoms with Gasteiger partial charge >= 0.3 is 0 Å². The summed E-state index contributed by atoms with van der Waals surface area (Å²) in [6.07, 6.45) is 6.24. The molecule has 2 N–H and O–H groups in total. The molecule has 1 amide bonds. The zero-order valence-electron chi connectivity index (χ0n) is 12.7. The van der Waals surface area contributed by atoms with E-state index in [0.717, 1.165) is 6.42 Å². The van der Waals surface area contributed by atoms with Crippen LogP contribution in [0.2, 0.25) is 0 Å². The summed E-state index contributed by atoms with van der Waals surface area (Å²) in [4.78, 5) is 28.6. The van der Waals surface area contributed by atoms with E-state index in [1.807, 2.05) is 18.2 Å². The van der Waals surface area contributed by atoms with E-state index < -0.39 is 0 Å². The topological polar surface area (TPSA) is 84.2 Å². The maximum absolute atomic E-state index is 12.3. The Morgan fingerprint density at radius 3 is 2.96 bits per heavy atom. The molecular formula is C17H19N3O3. The third-order valence-corrected chi connectivity index (χ3v) is 4.06. The molecule has 3 rings (SSSR count). The lowest BCUT2D eigenvalue weighted by Gasteiger charge is -2.13. The van der Waals surface area contributed by atoms with Crippen molar-refractivity contribution in [1.82, 2.24) is 14.9 Å². The molecule has 0 fully saturated rings. The van der Waals surface area contributed by atoms with Crippen LogP contribution in [-0.2, 0) is 11.3 Å². The molecule has 0 aliphatic heterocycles. The standard InChI is InChI=1S/C17H19N3O3/c21-10-12-5-6-13(9-12)19-16(22)7-8-20-11-18-15-4-2-1-3-14(15)17(20)23/h1-6,11-13,21H,7-10H2,(H,19,22)/t12-,13+/m0/s1. The minimum Gasteiger partial charge on any atom is -0.396 e. The second-order valence-electron chi connectivity index (χ2n) is 5.75. The molecule has 2 atom stereocenters. The first kappa shape index (κ1) is 15.4. The van der Waals surface area contributed by atoms with Crippen molar-refractivity contribution in [3.8, 4) is 0 Å². The van der Waals surface area contributed by atoms with Crippen molar-refractivity contribution < 1.29 is 9.90 Å². The summed E-state index contributed by atoms with van der Waals surface area (Å²) < 4.78 is 1.46. The lowest BCUT2D eigenvalue weighted by molar-refractivity contribution is -0.121. The number of amides is 1. The molecule has 6 heteroatoms. The number of fused-ring (bicyclic) bond motifs is 1. The monoisotopic (exact) mass is 313 g/mol. The number of aliphatic hydroxyl groups excluding tert-OH is 1. The average Bonchev–Trinajstić information content (AvgIpc) is 3.02. The van der Waals surface area contributed by atoms with Crippen molar-refractivity contribution in [3.05, 3.63) is 53.1 Å². The van der Waals surface area contributed by atoms with Crippen LogP contribution in [0, 0.1) is 5.92 Å². The molecular weight excluding hydrogens is 294 g/mol. The molecule has 23 heavy (non-hydrogen) atoms. The molecule has 1 aromatic carbocycles. The molecule has 1 aromatic heterocycles. The quantitative estimate of drug-likeness (QED) is 0.801. The van der Waals surface area contributed by atoms with E-state index in [9.17, 15) is 9.59 Å². The van der Waals surface area contributed by atoms with Gasteiger partial charge in [0.05, 0.1) is 17.2 Å². The first-order chi connectivity index (χ1) is 11.2. The van der Waals surface area contributed by atoms with Crippen LogP contribution in [0.3, 0.4) is 0 Å². The van der Waals surface area contributed by atoms with Crippen LogP contribution in [-0.4, -0.2) is 33.2 Å². The third kappa shape index (κ3) is 3.48. The number of nitrogens with zero attached hydrogens (tertiary/aromatic N) is 2. The summed E-state index contributed by atoms with van der Waals surface area (Å²) in [5.74, 6) is 0.00547. The summed E-state index contributed by atoms with van der Waals surface area (Å²) in [5, 5.41) is 12.5. The first-order valence-corrected chi connectivity index (χ1v) is 7.70. The van der Waals surface area contributed by atoms with Crippen LogP contribution in [0.1, 0.15) is 12.8 Å². The number of para-hydroxylation sites is 1. The molecule has 120 valence electrons. The minimum absolute atomic E-state index is 0.0360. The largest absolute Gasteiger partial charge is 0.396 e. The Kier molecular flexibility index (Phi) is 4.52. The SMILES string of the molecule is O=C(CCn1cnc2ccccc2c1=O)N[C@@H]1C=C[C@H](CO)C1. The van der Waals surface area contributed by atoms with Crippen LogP contribution >= 0.6 is 0 Å². The van der Waals surface area contributed by atoms with Crippen molar-refractivity contribution >= 4 is 16.8 Å². The van der Waals surface area contributed by atoms with Crippen LogP contribution in [0.25, 0.3) is 10.9 Å². The van der Waals surface area contributed by atoms with Crippen LogP contribution in [0.15, 0.2) is 47.5 Å². The minimum atomic E-state index is -0.135. The highest BCUT2D eigenvalue weighted by atomic mass is 16.3. The van der Waals surface area contributed by atoms with Crippen LogP contribution in [0.4, 0.5) is 0 Å². The van der Waals surface area contributed by atoms with Crippen molar-refractivity contribution in [2.24, 2.45) is 5.92 Å². The molecule has 0 saturated carbocycles. The second kappa shape index (κ2) is 6.75. The van der Waals surface area contributed by atoms with Gasteiger partial charge in [0.1, 0.15) is 0 Å². The van der Waals surface area contributed by atoms with Crippen LogP contribution < -0.4 is 10.9 Å². The van der Waals surface area contributed by atoms with Crippen molar-refractivity contribution in [1.29, 1.82) is 0 Å². The number of carbonyl (C=O) groups is 1. The third-order valence-electron chi connectivity index (χ3n) is 4.06. The fraction of sp³-hybridized carbons (Fsp3) is 0.353. The van der Waals surface area contributed by atoms with E-state index in [4.69, 9.17) is 5.11 Å². The predicted octanol–water partition coefficient (Wildman–Crippen LogP) is 0.840. The number of hydrogen-bond donors (Lipinski definition) is 2. The van der Waals surface area contributed by atoms with Crippen molar-refractivity contribution in [3.63, 3.8) is 0 Å². The van der Waals surface area contributed by atoms with Gasteiger partial charge in [0.15, 0.2) is 0 Å². The molecule has 0 spiro atoms. The molecule has 0 saturated heterocycles. The van der Waals surface area contributed by atoms with Gasteiger partial charge in [-0.1, -0.05) is 24.3 Å². The second-order valence-corrected chi connectivity index (χ2v) is 5.75. The highest BCUT2D eigenvalue weighted by molar-refractivity contribution is 5.77. The number of benzene rings is 1. The molecule has 2 aromatic rings. The van der Waals surface area contributed by atoms with Gasteiger partial charge < -0.3 is 10.4 Å². The van der Waals surface area contributed by atoms with Gasteiger partial charge in [-0.2, -0.15) is 0 Å². The van der Waals surface area contributed by atoms with Gasteiger partial charge in [0.2, 0.25) is 5.91 Å². The summed E-state index contributed by atoms with van der Waals surface area (Å²) in [7, 11) is 0. The van der Waals surface area contributed by atoms with Crippen LogP contribution in [0.5, 0.6) is 0 Å². The Morgan fingerprint density at radius 2 is 2.17 bits per heavy atom.